The molecule has 1 fully saturated rings. The predicted octanol–water partition coefficient (Wildman–Crippen LogP) is 6.60. The molecule has 2 atom stereocenters. The van der Waals surface area contributed by atoms with Crippen LogP contribution in [0.25, 0.3) is 33.1 Å². The first-order valence-corrected chi connectivity index (χ1v) is 28.3. The molecule has 4 aromatic rings. The minimum atomic E-state index is -5.30. The van der Waals surface area contributed by atoms with Gasteiger partial charge in [-0.15, -0.1) is 0 Å². The van der Waals surface area contributed by atoms with Crippen molar-refractivity contribution in [3.8, 4) is 0 Å². The number of anilines is 1. The van der Waals surface area contributed by atoms with Gasteiger partial charge in [-0.1, -0.05) is 0 Å². The molecule has 5 heterocycles. The Labute approximate surface area is 378 Å². The molecule has 0 bridgehead atoms. The first kappa shape index (κ1) is 51.1. The zero-order chi connectivity index (χ0) is 49.2. The van der Waals surface area contributed by atoms with Crippen LogP contribution in [0, 0.1) is 0 Å². The summed E-state index contributed by atoms with van der Waals surface area (Å²) in [6, 6.07) is 4.68. The molecule has 15 nitrogen and oxygen atoms in total. The number of piperidine rings is 1. The van der Waals surface area contributed by atoms with Gasteiger partial charge in [0.05, 0.1) is 0 Å². The molecule has 0 amide bonds. The number of nitrogens with zero attached hydrogens (tertiary/aromatic N) is 2. The van der Waals surface area contributed by atoms with Crippen LogP contribution in [0.15, 0.2) is 67.0 Å². The van der Waals surface area contributed by atoms with E-state index in [1.165, 1.54) is 18.2 Å². The number of allylic oxidation sites excluding steroid dienone is 2. The zero-order valence-corrected chi connectivity index (χ0v) is 39.8. The van der Waals surface area contributed by atoms with Crippen LogP contribution in [0.5, 0.6) is 0 Å². The molecule has 0 radical (unpaired) electrons. The fourth-order valence-electron chi connectivity index (χ4n) is 9.79. The number of carbonyl (C=O) groups is 1. The predicted molar refractivity (Wildman–Crippen MR) is 231 cm³/mol. The molecular formula is C43H49As2F6N2O13+. The van der Waals surface area contributed by atoms with E-state index >= 15 is 0 Å². The van der Waals surface area contributed by atoms with Crippen LogP contribution in [-0.4, -0.2) is 97.7 Å². The van der Waals surface area contributed by atoms with Gasteiger partial charge in [0.1, 0.15) is 0 Å². The third-order valence-electron chi connectivity index (χ3n) is 12.4. The summed E-state index contributed by atoms with van der Waals surface area (Å²) < 4.78 is 155. The van der Waals surface area contributed by atoms with Crippen molar-refractivity contribution in [3.63, 3.8) is 0 Å². The van der Waals surface area contributed by atoms with Crippen molar-refractivity contribution in [1.29, 1.82) is 0 Å². The maximum atomic E-state index is 13.7. The van der Waals surface area contributed by atoms with Crippen molar-refractivity contribution in [3.05, 3.63) is 91.6 Å². The Hall–Kier alpha value is -4.33. The summed E-state index contributed by atoms with van der Waals surface area (Å²) >= 11 is -10.5. The number of hydrogen-bond acceptors (Lipinski definition) is 9. The van der Waals surface area contributed by atoms with Crippen LogP contribution in [0.2, 0.25) is 10.4 Å². The van der Waals surface area contributed by atoms with Crippen molar-refractivity contribution >= 4 is 78.8 Å². The first-order valence-electron chi connectivity index (χ1n) is 20.7. The Morgan fingerprint density at radius 1 is 0.758 bits per heavy atom. The number of benzene rings is 2. The average Bonchev–Trinajstić information content (AvgIpc) is 3.16. The number of fused-ring (bicyclic) bond motifs is 5. The SMILES string of the molecule is CC1(C)C=C(C[As](=O)(O)O)c2cc3c(C(F)(F)F)cc(=O)oc3cc2N1CCCCCO.CC1(C)C=C(C[As](=O)(O)O)c2cc3c(C(F)(F)F)cc(=O)oc3cc2[N+]12CCCCC2C(=O)O. The van der Waals surface area contributed by atoms with Crippen LogP contribution in [0.1, 0.15) is 88.5 Å². The van der Waals surface area contributed by atoms with E-state index in [0.29, 0.717) is 63.0 Å². The van der Waals surface area contributed by atoms with Crippen molar-refractivity contribution in [1.82, 2.24) is 4.48 Å². The van der Waals surface area contributed by atoms with E-state index < -0.39 is 102 Å². The summed E-state index contributed by atoms with van der Waals surface area (Å²) in [4.78, 5) is 38.0. The number of quaternary nitrogens is 1. The maximum absolute atomic E-state index is 13.7. The second kappa shape index (κ2) is 18.0. The van der Waals surface area contributed by atoms with Crippen molar-refractivity contribution < 1.29 is 74.0 Å². The second-order valence-corrected chi connectivity index (χ2v) is 24.8. The minimum absolute atomic E-state index is 0.0460. The fourth-order valence-corrected chi connectivity index (χ4v) is 12.8. The molecule has 1 spiro atoms. The van der Waals surface area contributed by atoms with Gasteiger partial charge in [0.25, 0.3) is 0 Å². The Kier molecular flexibility index (Phi) is 13.9. The molecule has 360 valence electrons. The summed E-state index contributed by atoms with van der Waals surface area (Å²) in [6.07, 6.45) is -2.84. The molecule has 2 aromatic heterocycles. The third kappa shape index (κ3) is 10.4. The summed E-state index contributed by atoms with van der Waals surface area (Å²) in [6.45, 7) is 8.04. The average molecular weight is 1070 g/mol. The summed E-state index contributed by atoms with van der Waals surface area (Å²) in [7, 11) is 0. The van der Waals surface area contributed by atoms with E-state index in [1.807, 2.05) is 18.7 Å². The molecule has 3 aliphatic rings. The van der Waals surface area contributed by atoms with Crippen LogP contribution in [-0.2, 0) is 24.6 Å². The van der Waals surface area contributed by atoms with Gasteiger partial charge < -0.3 is 0 Å². The van der Waals surface area contributed by atoms with Crippen LogP contribution in [0.4, 0.5) is 37.7 Å². The Morgan fingerprint density at radius 2 is 1.27 bits per heavy atom. The molecule has 2 aromatic carbocycles. The zero-order valence-electron chi connectivity index (χ0n) is 36.1. The Bertz CT molecular complexity index is 2860. The van der Waals surface area contributed by atoms with E-state index in [9.17, 15) is 69.7 Å². The van der Waals surface area contributed by atoms with E-state index in [0.717, 1.165) is 12.5 Å². The van der Waals surface area contributed by atoms with Gasteiger partial charge in [-0.3, -0.25) is 0 Å². The van der Waals surface area contributed by atoms with E-state index in [-0.39, 0.29) is 55.6 Å². The monoisotopic (exact) mass is 1070 g/mol. The van der Waals surface area contributed by atoms with Crippen molar-refractivity contribution in [2.24, 2.45) is 0 Å². The molecule has 3 aliphatic heterocycles. The van der Waals surface area contributed by atoms with Gasteiger partial charge in [-0.2, -0.15) is 0 Å². The molecular weight excluding hydrogens is 1020 g/mol. The van der Waals surface area contributed by atoms with Crippen molar-refractivity contribution in [2.45, 2.75) is 106 Å². The molecule has 0 saturated carbocycles. The van der Waals surface area contributed by atoms with Gasteiger partial charge in [0, 0.05) is 0 Å². The quantitative estimate of drug-likeness (QED) is 0.0323. The topological polar surface area (TPSA) is 236 Å². The normalized spacial score (nSPS) is 20.6. The molecule has 0 aliphatic carbocycles. The van der Waals surface area contributed by atoms with Gasteiger partial charge in [0.15, 0.2) is 0 Å². The van der Waals surface area contributed by atoms with Gasteiger partial charge >= 0.3 is 380 Å². The number of aliphatic hydroxyl groups excluding tert-OH is 1. The number of rotatable bonds is 10. The molecule has 66 heavy (non-hydrogen) atoms. The number of carboxylic acid groups (broad SMARTS) is 1. The number of carboxylic acids is 1. The number of unbranched alkanes of at least 4 members (excludes halogenated alkanes) is 2. The number of halogens is 6. The fraction of sp³-hybridized carbons (Fsp3) is 0.465. The molecule has 23 heteroatoms. The van der Waals surface area contributed by atoms with Crippen LogP contribution < -0.4 is 20.6 Å². The molecule has 1 saturated heterocycles. The first-order chi connectivity index (χ1) is 30.3. The van der Waals surface area contributed by atoms with Crippen molar-refractivity contribution in [2.75, 3.05) is 24.6 Å². The molecule has 2 unspecified atom stereocenters. The molecule has 7 rings (SSSR count). The Morgan fingerprint density at radius 3 is 1.77 bits per heavy atom. The molecule has 6 N–H and O–H groups in total. The van der Waals surface area contributed by atoms with E-state index in [4.69, 9.17) is 13.9 Å². The van der Waals surface area contributed by atoms with E-state index in [1.54, 1.807) is 26.0 Å². The Balaban J connectivity index is 0.000000219. The summed E-state index contributed by atoms with van der Waals surface area (Å²) in [5.41, 5.74) is -5.48. The number of aliphatic carboxylic acids is 1. The van der Waals surface area contributed by atoms with Gasteiger partial charge in [-0.25, -0.2) is 0 Å². The number of alkyl halides is 6. The third-order valence-corrected chi connectivity index (χ3v) is 15.5. The van der Waals surface area contributed by atoms with Gasteiger partial charge in [-0.05, 0) is 0 Å². The summed E-state index contributed by atoms with van der Waals surface area (Å²) in [5, 5.41) is 17.1. The van der Waals surface area contributed by atoms with E-state index in [2.05, 4.69) is 0 Å². The standard InChI is InChI=1S/C22H23AsF3NO7.C21H25AsF3NO6/c1-21(2)10-12(11-23(31,32)33)13-7-14-15(22(24,25)26)8-19(28)34-18(14)9-17(13)27(21)6-4-3-5-16(27)20(29)30;1-20(2)11-13(12-22(29,30)31)14-8-15-16(21(23,24)25)9-19(28)32-18(15)10-17(14)26(20)6-4-3-5-7-27/h7-10,16H,3-6,11H2,1-2H3,(H2-,29,30,31,32,33);8-11,27H,3-7,12H2,1-2H3,(H2,29,30,31)/p+1. The summed E-state index contributed by atoms with van der Waals surface area (Å²) in [5.74, 6) is -1.08. The van der Waals surface area contributed by atoms with Crippen LogP contribution in [0.3, 0.4) is 0 Å². The van der Waals surface area contributed by atoms with Gasteiger partial charge in [0.2, 0.25) is 0 Å². The number of hydrogen-bond donors (Lipinski definition) is 6. The van der Waals surface area contributed by atoms with Crippen LogP contribution >= 0.6 is 0 Å². The number of aliphatic hydroxyl groups is 1. The second-order valence-electron chi connectivity index (χ2n) is 17.9.